The van der Waals surface area contributed by atoms with Gasteiger partial charge in [0.05, 0.1) is 5.75 Å². The Morgan fingerprint density at radius 2 is 1.96 bits per heavy atom. The molecule has 2 atom stereocenters. The van der Waals surface area contributed by atoms with Gasteiger partial charge in [-0.2, -0.15) is 0 Å². The fraction of sp³-hybridized carbons (Fsp3) is 0.500. The average molecular weight is 400 g/mol. The normalized spacial score (nSPS) is 21.8. The highest BCUT2D eigenvalue weighted by molar-refractivity contribution is 7.92. The summed E-state index contributed by atoms with van der Waals surface area (Å²) in [5.74, 6) is -0.356. The van der Waals surface area contributed by atoms with Crippen LogP contribution in [0, 0.1) is 6.92 Å². The van der Waals surface area contributed by atoms with Gasteiger partial charge in [-0.25, -0.2) is 8.42 Å². The van der Waals surface area contributed by atoms with Gasteiger partial charge >= 0.3 is 0 Å². The second-order valence-electron chi connectivity index (χ2n) is 5.43. The fourth-order valence-corrected chi connectivity index (χ4v) is 4.49. The first kappa shape index (κ1) is 18.8. The van der Waals surface area contributed by atoms with Crippen molar-refractivity contribution in [3.63, 3.8) is 0 Å². The largest absolute Gasteiger partial charge is 0.333 e. The maximum absolute atomic E-state index is 12.4. The van der Waals surface area contributed by atoms with E-state index in [4.69, 9.17) is 34.8 Å². The Hall–Kier alpha value is -0.530. The van der Waals surface area contributed by atoms with Crippen molar-refractivity contribution in [3.05, 3.63) is 35.4 Å². The Labute approximate surface area is 150 Å². The van der Waals surface area contributed by atoms with Crippen molar-refractivity contribution in [1.82, 2.24) is 10.6 Å². The molecule has 2 rings (SSSR count). The van der Waals surface area contributed by atoms with Crippen LogP contribution in [-0.4, -0.2) is 35.4 Å². The van der Waals surface area contributed by atoms with Gasteiger partial charge in [0.15, 0.2) is 9.84 Å². The van der Waals surface area contributed by atoms with Crippen molar-refractivity contribution >= 4 is 50.5 Å². The van der Waals surface area contributed by atoms with E-state index < -0.39 is 31.1 Å². The lowest BCUT2D eigenvalue weighted by molar-refractivity contribution is 0.0928. The standard InChI is InChI=1S/C14H17Cl3N2O3S/c1-9-5-2-3-6-10(9)12(20)19-13(14(15,16)17)18-11-7-4-8-23(11,21)22/h2-3,5-6,11,13,18H,4,7-8H2,1H3,(H,19,20). The van der Waals surface area contributed by atoms with Gasteiger partial charge in [0, 0.05) is 5.56 Å². The third-order valence-electron chi connectivity index (χ3n) is 3.67. The monoisotopic (exact) mass is 398 g/mol. The summed E-state index contributed by atoms with van der Waals surface area (Å²) < 4.78 is 22.0. The molecule has 2 unspecified atom stereocenters. The van der Waals surface area contributed by atoms with Gasteiger partial charge in [-0.3, -0.25) is 10.1 Å². The summed E-state index contributed by atoms with van der Waals surface area (Å²) in [6.07, 6.45) is -0.171. The molecule has 0 radical (unpaired) electrons. The predicted molar refractivity (Wildman–Crippen MR) is 92.7 cm³/mol. The Kier molecular flexibility index (Phi) is 5.85. The minimum Gasteiger partial charge on any atom is -0.333 e. The summed E-state index contributed by atoms with van der Waals surface area (Å²) in [6.45, 7) is 1.79. The van der Waals surface area contributed by atoms with Crippen LogP contribution in [0.25, 0.3) is 0 Å². The number of benzene rings is 1. The molecule has 0 saturated carbocycles. The molecule has 1 aromatic rings. The van der Waals surface area contributed by atoms with E-state index in [-0.39, 0.29) is 5.75 Å². The highest BCUT2D eigenvalue weighted by Gasteiger charge is 2.40. The number of hydrogen-bond donors (Lipinski definition) is 2. The molecule has 9 heteroatoms. The molecule has 1 saturated heterocycles. The molecule has 1 fully saturated rings. The van der Waals surface area contributed by atoms with Gasteiger partial charge < -0.3 is 5.32 Å². The molecular formula is C14H17Cl3N2O3S. The molecule has 1 heterocycles. The SMILES string of the molecule is Cc1ccccc1C(=O)NC(NC1CCCS1(=O)=O)C(Cl)(Cl)Cl. The quantitative estimate of drug-likeness (QED) is 0.603. The number of carbonyl (C=O) groups is 1. The molecule has 0 aliphatic carbocycles. The number of sulfone groups is 1. The van der Waals surface area contributed by atoms with E-state index in [2.05, 4.69) is 10.6 Å². The van der Waals surface area contributed by atoms with Crippen LogP contribution in [0.15, 0.2) is 24.3 Å². The molecule has 2 N–H and O–H groups in total. The van der Waals surface area contributed by atoms with Crippen molar-refractivity contribution in [2.24, 2.45) is 0 Å². The Bertz CT molecular complexity index is 689. The minimum atomic E-state index is -3.29. The molecule has 1 aromatic carbocycles. The molecule has 5 nitrogen and oxygen atoms in total. The molecule has 1 aliphatic heterocycles. The number of amides is 1. The van der Waals surface area contributed by atoms with E-state index >= 15 is 0 Å². The molecule has 23 heavy (non-hydrogen) atoms. The number of alkyl halides is 3. The summed E-state index contributed by atoms with van der Waals surface area (Å²) in [5, 5.41) is 4.49. The molecule has 0 spiro atoms. The number of nitrogens with one attached hydrogen (secondary N) is 2. The lowest BCUT2D eigenvalue weighted by Crippen LogP contribution is -2.57. The maximum Gasteiger partial charge on any atom is 0.252 e. The van der Waals surface area contributed by atoms with Crippen LogP contribution in [0.3, 0.4) is 0 Å². The van der Waals surface area contributed by atoms with Crippen molar-refractivity contribution < 1.29 is 13.2 Å². The van der Waals surface area contributed by atoms with Crippen LogP contribution in [0.1, 0.15) is 28.8 Å². The molecule has 128 valence electrons. The number of rotatable bonds is 4. The fourth-order valence-electron chi connectivity index (χ4n) is 2.42. The van der Waals surface area contributed by atoms with E-state index in [9.17, 15) is 13.2 Å². The summed E-state index contributed by atoms with van der Waals surface area (Å²) >= 11 is 17.7. The third-order valence-corrected chi connectivity index (χ3v) is 6.42. The number of aryl methyl sites for hydroxylation is 1. The zero-order valence-corrected chi connectivity index (χ0v) is 15.4. The summed E-state index contributed by atoms with van der Waals surface area (Å²) in [7, 11) is -3.29. The minimum absolute atomic E-state index is 0.0863. The first-order chi connectivity index (χ1) is 10.6. The summed E-state index contributed by atoms with van der Waals surface area (Å²) in [4.78, 5) is 12.4. The van der Waals surface area contributed by atoms with Crippen LogP contribution in [0.2, 0.25) is 0 Å². The first-order valence-electron chi connectivity index (χ1n) is 7.02. The molecule has 1 amide bonds. The van der Waals surface area contributed by atoms with Gasteiger partial charge in [-0.1, -0.05) is 53.0 Å². The molecule has 0 aromatic heterocycles. The average Bonchev–Trinajstić information content (AvgIpc) is 2.76. The molecule has 1 aliphatic rings. The lowest BCUT2D eigenvalue weighted by Gasteiger charge is -2.29. The number of halogens is 3. The van der Waals surface area contributed by atoms with Gasteiger partial charge in [-0.05, 0) is 31.4 Å². The summed E-state index contributed by atoms with van der Waals surface area (Å²) in [6, 6.07) is 6.96. The van der Waals surface area contributed by atoms with Crippen molar-refractivity contribution in [2.75, 3.05) is 5.75 Å². The van der Waals surface area contributed by atoms with Crippen molar-refractivity contribution in [3.8, 4) is 0 Å². The van der Waals surface area contributed by atoms with E-state index in [0.717, 1.165) is 5.56 Å². The second-order valence-corrected chi connectivity index (χ2v) is 10.1. The van der Waals surface area contributed by atoms with Gasteiger partial charge in [0.25, 0.3) is 5.91 Å². The smallest absolute Gasteiger partial charge is 0.252 e. The zero-order valence-electron chi connectivity index (χ0n) is 12.4. The van der Waals surface area contributed by atoms with E-state index in [1.54, 1.807) is 25.1 Å². The maximum atomic E-state index is 12.4. The molecular weight excluding hydrogens is 383 g/mol. The topological polar surface area (TPSA) is 75.3 Å². The van der Waals surface area contributed by atoms with Crippen LogP contribution in [0.5, 0.6) is 0 Å². The summed E-state index contributed by atoms with van der Waals surface area (Å²) in [5.41, 5.74) is 1.20. The van der Waals surface area contributed by atoms with E-state index in [1.807, 2.05) is 6.07 Å². The lowest BCUT2D eigenvalue weighted by atomic mass is 10.1. The van der Waals surface area contributed by atoms with Crippen LogP contribution < -0.4 is 10.6 Å². The Balaban J connectivity index is 2.17. The van der Waals surface area contributed by atoms with Crippen LogP contribution in [-0.2, 0) is 9.84 Å². The predicted octanol–water partition coefficient (Wildman–Crippen LogP) is 2.55. The van der Waals surface area contributed by atoms with Gasteiger partial charge in [-0.15, -0.1) is 0 Å². The van der Waals surface area contributed by atoms with E-state index in [1.165, 1.54) is 0 Å². The number of hydrogen-bond acceptors (Lipinski definition) is 4. The Morgan fingerprint density at radius 3 is 2.48 bits per heavy atom. The van der Waals surface area contributed by atoms with Gasteiger partial charge in [0.2, 0.25) is 3.79 Å². The van der Waals surface area contributed by atoms with Crippen molar-refractivity contribution in [2.45, 2.75) is 35.1 Å². The molecule has 0 bridgehead atoms. The Morgan fingerprint density at radius 1 is 1.30 bits per heavy atom. The third kappa shape index (κ3) is 4.73. The number of carbonyl (C=O) groups excluding carboxylic acids is 1. The van der Waals surface area contributed by atoms with Crippen LogP contribution >= 0.6 is 34.8 Å². The second kappa shape index (κ2) is 7.15. The highest BCUT2D eigenvalue weighted by atomic mass is 35.6. The van der Waals surface area contributed by atoms with E-state index in [0.29, 0.717) is 18.4 Å². The van der Waals surface area contributed by atoms with Crippen LogP contribution in [0.4, 0.5) is 0 Å². The van der Waals surface area contributed by atoms with Crippen molar-refractivity contribution in [1.29, 1.82) is 0 Å². The first-order valence-corrected chi connectivity index (χ1v) is 9.87. The zero-order chi connectivity index (χ0) is 17.3. The van der Waals surface area contributed by atoms with Gasteiger partial charge in [0.1, 0.15) is 11.5 Å². The highest BCUT2D eigenvalue weighted by Crippen LogP contribution is 2.31.